The Morgan fingerprint density at radius 1 is 1.46 bits per heavy atom. The Balaban J connectivity index is 0.000000845. The standard InChI is InChI=1S/C9H10FNO.ClH/c10-6-1-2-9-7(5-6)8(11)3-4-12-9;/h1-2,5,8H,3-4,11H2;1H/t8-;/m1./s1. The van der Waals surface area contributed by atoms with Crippen LogP contribution in [0.25, 0.3) is 0 Å². The molecule has 0 aliphatic carbocycles. The molecule has 72 valence electrons. The minimum absolute atomic E-state index is 0. The fourth-order valence-corrected chi connectivity index (χ4v) is 1.39. The van der Waals surface area contributed by atoms with E-state index in [2.05, 4.69) is 0 Å². The van der Waals surface area contributed by atoms with E-state index in [9.17, 15) is 4.39 Å². The number of rotatable bonds is 0. The van der Waals surface area contributed by atoms with Gasteiger partial charge in [-0.15, -0.1) is 12.4 Å². The number of hydrogen-bond donors (Lipinski definition) is 1. The Kier molecular flexibility index (Phi) is 3.12. The number of nitrogens with two attached hydrogens (primary N) is 1. The van der Waals surface area contributed by atoms with Gasteiger partial charge in [-0.2, -0.15) is 0 Å². The number of benzene rings is 1. The third-order valence-corrected chi connectivity index (χ3v) is 2.06. The molecule has 0 spiro atoms. The lowest BCUT2D eigenvalue weighted by Gasteiger charge is -2.22. The van der Waals surface area contributed by atoms with Crippen LogP contribution in [0.3, 0.4) is 0 Å². The van der Waals surface area contributed by atoms with E-state index in [1.807, 2.05) is 0 Å². The van der Waals surface area contributed by atoms with Crippen molar-refractivity contribution in [2.24, 2.45) is 5.73 Å². The van der Waals surface area contributed by atoms with Gasteiger partial charge in [0.15, 0.2) is 0 Å². The largest absolute Gasteiger partial charge is 0.493 e. The molecule has 4 heteroatoms. The lowest BCUT2D eigenvalue weighted by atomic mass is 10.0. The molecule has 0 saturated heterocycles. The zero-order chi connectivity index (χ0) is 8.55. The van der Waals surface area contributed by atoms with Gasteiger partial charge in [-0.3, -0.25) is 0 Å². The van der Waals surface area contributed by atoms with Gasteiger partial charge < -0.3 is 10.5 Å². The van der Waals surface area contributed by atoms with Crippen LogP contribution >= 0.6 is 12.4 Å². The summed E-state index contributed by atoms with van der Waals surface area (Å²) in [6, 6.07) is 4.38. The minimum Gasteiger partial charge on any atom is -0.493 e. The van der Waals surface area contributed by atoms with Crippen molar-refractivity contribution in [2.75, 3.05) is 6.61 Å². The Morgan fingerprint density at radius 2 is 2.23 bits per heavy atom. The SMILES string of the molecule is Cl.N[C@@H]1CCOc2ccc(F)cc21. The molecule has 0 saturated carbocycles. The summed E-state index contributed by atoms with van der Waals surface area (Å²) in [6.45, 7) is 0.625. The Hall–Kier alpha value is -0.800. The van der Waals surface area contributed by atoms with E-state index in [0.29, 0.717) is 6.61 Å². The molecule has 1 aliphatic rings. The van der Waals surface area contributed by atoms with Gasteiger partial charge in [0.1, 0.15) is 11.6 Å². The highest BCUT2D eigenvalue weighted by Gasteiger charge is 2.17. The molecule has 0 aromatic heterocycles. The van der Waals surface area contributed by atoms with E-state index < -0.39 is 0 Å². The molecule has 1 atom stereocenters. The van der Waals surface area contributed by atoms with Gasteiger partial charge in [0.25, 0.3) is 0 Å². The maximum Gasteiger partial charge on any atom is 0.124 e. The highest BCUT2D eigenvalue weighted by Crippen LogP contribution is 2.30. The monoisotopic (exact) mass is 203 g/mol. The van der Waals surface area contributed by atoms with Gasteiger partial charge in [-0.05, 0) is 18.2 Å². The molecule has 0 amide bonds. The fourth-order valence-electron chi connectivity index (χ4n) is 1.39. The number of hydrogen-bond acceptors (Lipinski definition) is 2. The third kappa shape index (κ3) is 1.92. The molecule has 1 aromatic rings. The summed E-state index contributed by atoms with van der Waals surface area (Å²) in [5.41, 5.74) is 6.55. The second-order valence-corrected chi connectivity index (χ2v) is 2.93. The molecule has 1 aliphatic heterocycles. The van der Waals surface area contributed by atoms with Crippen molar-refractivity contribution in [3.8, 4) is 5.75 Å². The van der Waals surface area contributed by atoms with E-state index in [1.165, 1.54) is 12.1 Å². The van der Waals surface area contributed by atoms with Crippen LogP contribution in [0.2, 0.25) is 0 Å². The maximum absolute atomic E-state index is 12.8. The average molecular weight is 204 g/mol. The van der Waals surface area contributed by atoms with Gasteiger partial charge in [0.05, 0.1) is 6.61 Å². The van der Waals surface area contributed by atoms with E-state index in [1.54, 1.807) is 6.07 Å². The molecule has 2 rings (SSSR count). The zero-order valence-electron chi connectivity index (χ0n) is 7.00. The molecular formula is C9H11ClFNO. The lowest BCUT2D eigenvalue weighted by molar-refractivity contribution is 0.268. The van der Waals surface area contributed by atoms with Crippen molar-refractivity contribution < 1.29 is 9.13 Å². The third-order valence-electron chi connectivity index (χ3n) is 2.06. The van der Waals surface area contributed by atoms with Crippen molar-refractivity contribution in [3.05, 3.63) is 29.6 Å². The van der Waals surface area contributed by atoms with Gasteiger partial charge in [-0.1, -0.05) is 0 Å². The Bertz CT molecular complexity index is 306. The van der Waals surface area contributed by atoms with Crippen LogP contribution in [0.5, 0.6) is 5.75 Å². The second-order valence-electron chi connectivity index (χ2n) is 2.93. The number of fused-ring (bicyclic) bond motifs is 1. The summed E-state index contributed by atoms with van der Waals surface area (Å²) in [5, 5.41) is 0. The Labute approximate surface area is 82.3 Å². The first-order valence-electron chi connectivity index (χ1n) is 3.95. The first-order chi connectivity index (χ1) is 5.77. The number of ether oxygens (including phenoxy) is 1. The molecule has 0 bridgehead atoms. The van der Waals surface area contributed by atoms with Crippen LogP contribution in [0.4, 0.5) is 4.39 Å². The predicted octanol–water partition coefficient (Wildman–Crippen LogP) is 2.03. The van der Waals surface area contributed by atoms with E-state index >= 15 is 0 Å². The first kappa shape index (κ1) is 10.3. The highest BCUT2D eigenvalue weighted by atomic mass is 35.5. The molecule has 1 heterocycles. The first-order valence-corrected chi connectivity index (χ1v) is 3.95. The Morgan fingerprint density at radius 3 is 3.00 bits per heavy atom. The van der Waals surface area contributed by atoms with Crippen LogP contribution in [0.1, 0.15) is 18.0 Å². The summed E-state index contributed by atoms with van der Waals surface area (Å²) in [4.78, 5) is 0. The molecule has 1 aromatic carbocycles. The van der Waals surface area contributed by atoms with E-state index in [-0.39, 0.29) is 24.3 Å². The topological polar surface area (TPSA) is 35.2 Å². The van der Waals surface area contributed by atoms with E-state index in [4.69, 9.17) is 10.5 Å². The number of halogens is 2. The summed E-state index contributed by atoms with van der Waals surface area (Å²) >= 11 is 0. The van der Waals surface area contributed by atoms with Crippen LogP contribution in [-0.2, 0) is 0 Å². The van der Waals surface area contributed by atoms with Gasteiger partial charge >= 0.3 is 0 Å². The van der Waals surface area contributed by atoms with Crippen LogP contribution in [0.15, 0.2) is 18.2 Å². The van der Waals surface area contributed by atoms with Crippen molar-refractivity contribution >= 4 is 12.4 Å². The van der Waals surface area contributed by atoms with Gasteiger partial charge in [0.2, 0.25) is 0 Å². The molecule has 2 N–H and O–H groups in total. The molecule has 0 unspecified atom stereocenters. The quantitative estimate of drug-likeness (QED) is 0.700. The summed E-state index contributed by atoms with van der Waals surface area (Å²) in [7, 11) is 0. The molecule has 2 nitrogen and oxygen atoms in total. The normalized spacial score (nSPS) is 19.7. The average Bonchev–Trinajstić information content (AvgIpc) is 2.07. The summed E-state index contributed by atoms with van der Waals surface area (Å²) in [6.07, 6.45) is 0.760. The van der Waals surface area contributed by atoms with Crippen molar-refractivity contribution in [2.45, 2.75) is 12.5 Å². The zero-order valence-corrected chi connectivity index (χ0v) is 7.81. The van der Waals surface area contributed by atoms with Crippen molar-refractivity contribution in [1.82, 2.24) is 0 Å². The van der Waals surface area contributed by atoms with Gasteiger partial charge in [0, 0.05) is 18.0 Å². The molecular weight excluding hydrogens is 193 g/mol. The maximum atomic E-state index is 12.8. The molecule has 0 radical (unpaired) electrons. The second kappa shape index (κ2) is 3.94. The van der Waals surface area contributed by atoms with Gasteiger partial charge in [-0.25, -0.2) is 4.39 Å². The van der Waals surface area contributed by atoms with Crippen LogP contribution in [0, 0.1) is 5.82 Å². The van der Waals surface area contributed by atoms with E-state index in [0.717, 1.165) is 17.7 Å². The smallest absolute Gasteiger partial charge is 0.124 e. The minimum atomic E-state index is -0.255. The molecule has 0 fully saturated rings. The lowest BCUT2D eigenvalue weighted by Crippen LogP contribution is -2.20. The van der Waals surface area contributed by atoms with Crippen LogP contribution in [-0.4, -0.2) is 6.61 Å². The van der Waals surface area contributed by atoms with Crippen molar-refractivity contribution in [3.63, 3.8) is 0 Å². The molecule has 13 heavy (non-hydrogen) atoms. The van der Waals surface area contributed by atoms with Crippen LogP contribution < -0.4 is 10.5 Å². The predicted molar refractivity (Wildman–Crippen MR) is 50.7 cm³/mol. The fraction of sp³-hybridized carbons (Fsp3) is 0.333. The van der Waals surface area contributed by atoms with Crippen molar-refractivity contribution in [1.29, 1.82) is 0 Å². The highest BCUT2D eigenvalue weighted by molar-refractivity contribution is 5.85. The summed E-state index contributed by atoms with van der Waals surface area (Å²) < 4.78 is 18.1. The summed E-state index contributed by atoms with van der Waals surface area (Å²) in [5.74, 6) is 0.463.